The van der Waals surface area contributed by atoms with Crippen LogP contribution in [0.1, 0.15) is 25.3 Å². The molecule has 1 fully saturated rings. The van der Waals surface area contributed by atoms with Crippen molar-refractivity contribution in [3.05, 3.63) is 29.8 Å². The van der Waals surface area contributed by atoms with Gasteiger partial charge >= 0.3 is 0 Å². The normalized spacial score (nSPS) is 18.5. The van der Waals surface area contributed by atoms with Crippen molar-refractivity contribution in [2.24, 2.45) is 0 Å². The molecule has 1 aromatic rings. The van der Waals surface area contributed by atoms with Crippen LogP contribution in [0.3, 0.4) is 0 Å². The molecule has 114 valence electrons. The van der Waals surface area contributed by atoms with Crippen molar-refractivity contribution in [3.8, 4) is 0 Å². The fourth-order valence-electron chi connectivity index (χ4n) is 2.31. The zero-order valence-corrected chi connectivity index (χ0v) is 13.4. The number of hydrogen-bond acceptors (Lipinski definition) is 3. The van der Waals surface area contributed by atoms with Gasteiger partial charge in [-0.15, -0.1) is 11.8 Å². The van der Waals surface area contributed by atoms with Crippen LogP contribution in [0.25, 0.3) is 0 Å². The molecule has 0 aliphatic carbocycles. The molecule has 1 aromatic carbocycles. The van der Waals surface area contributed by atoms with E-state index < -0.39 is 0 Å². The molecule has 4 nitrogen and oxygen atoms in total. The molecular formula is C16H22N2O2S. The van der Waals surface area contributed by atoms with E-state index in [1.54, 1.807) is 23.6 Å². The first-order valence-corrected chi connectivity index (χ1v) is 8.33. The molecular weight excluding hydrogens is 284 g/mol. The summed E-state index contributed by atoms with van der Waals surface area (Å²) in [7, 11) is 0. The van der Waals surface area contributed by atoms with Crippen molar-refractivity contribution >= 4 is 23.6 Å². The van der Waals surface area contributed by atoms with Gasteiger partial charge in [-0.3, -0.25) is 9.59 Å². The number of hydrogen-bond donors (Lipinski definition) is 1. The molecule has 1 aliphatic rings. The number of thioether (sulfide) groups is 1. The fraction of sp³-hybridized carbons (Fsp3) is 0.500. The monoisotopic (exact) mass is 306 g/mol. The number of nitrogens with one attached hydrogen (secondary N) is 1. The summed E-state index contributed by atoms with van der Waals surface area (Å²) in [6.45, 7) is 5.04. The maximum Gasteiger partial charge on any atom is 0.242 e. The summed E-state index contributed by atoms with van der Waals surface area (Å²) in [5.41, 5.74) is 1.26. The summed E-state index contributed by atoms with van der Waals surface area (Å²) < 4.78 is 0. The second-order valence-electron chi connectivity index (χ2n) is 5.32. The Labute approximate surface area is 130 Å². The number of aryl methyl sites for hydroxylation is 1. The Morgan fingerprint density at radius 2 is 2.10 bits per heavy atom. The molecule has 2 amide bonds. The third-order valence-corrected chi connectivity index (χ3v) is 4.74. The molecule has 0 spiro atoms. The van der Waals surface area contributed by atoms with E-state index in [-0.39, 0.29) is 17.9 Å². The maximum absolute atomic E-state index is 12.1. The molecule has 0 saturated carbocycles. The molecule has 5 heteroatoms. The van der Waals surface area contributed by atoms with Gasteiger partial charge in [0.15, 0.2) is 0 Å². The molecule has 1 heterocycles. The zero-order valence-electron chi connectivity index (χ0n) is 12.6. The minimum atomic E-state index is -0.337. The number of benzene rings is 1. The molecule has 2 rings (SSSR count). The van der Waals surface area contributed by atoms with Crippen LogP contribution in [0, 0.1) is 6.92 Å². The third kappa shape index (κ3) is 4.49. The van der Waals surface area contributed by atoms with Crippen molar-refractivity contribution in [1.29, 1.82) is 0 Å². The maximum atomic E-state index is 12.1. The smallest absolute Gasteiger partial charge is 0.242 e. The van der Waals surface area contributed by atoms with Gasteiger partial charge in [-0.25, -0.2) is 0 Å². The van der Waals surface area contributed by atoms with E-state index in [0.717, 1.165) is 12.2 Å². The minimum absolute atomic E-state index is 0.0522. The Kier molecular flexibility index (Phi) is 5.67. The van der Waals surface area contributed by atoms with Crippen LogP contribution in [-0.4, -0.2) is 41.6 Å². The summed E-state index contributed by atoms with van der Waals surface area (Å²) in [5, 5.41) is 2.77. The zero-order chi connectivity index (χ0) is 15.2. The molecule has 1 atom stereocenters. The topological polar surface area (TPSA) is 49.4 Å². The molecule has 0 unspecified atom stereocenters. The molecule has 1 aliphatic heterocycles. The van der Waals surface area contributed by atoms with Gasteiger partial charge in [0.05, 0.1) is 0 Å². The molecule has 0 bridgehead atoms. The Morgan fingerprint density at radius 1 is 1.38 bits per heavy atom. The number of piperazine rings is 1. The lowest BCUT2D eigenvalue weighted by molar-refractivity contribution is -0.142. The van der Waals surface area contributed by atoms with Gasteiger partial charge < -0.3 is 10.2 Å². The molecule has 0 radical (unpaired) electrons. The van der Waals surface area contributed by atoms with E-state index in [0.29, 0.717) is 19.5 Å². The first kappa shape index (κ1) is 15.9. The van der Waals surface area contributed by atoms with Gasteiger partial charge in [0.1, 0.15) is 6.04 Å². The van der Waals surface area contributed by atoms with E-state index in [1.165, 1.54) is 10.5 Å². The first-order valence-electron chi connectivity index (χ1n) is 7.34. The number of rotatable bonds is 5. The largest absolute Gasteiger partial charge is 0.353 e. The predicted octanol–water partition coefficient (Wildman–Crippen LogP) is 2.21. The van der Waals surface area contributed by atoms with Gasteiger partial charge in [-0.05, 0) is 38.2 Å². The van der Waals surface area contributed by atoms with E-state index in [1.807, 2.05) is 0 Å². The Balaban J connectivity index is 1.71. The third-order valence-electron chi connectivity index (χ3n) is 3.64. The van der Waals surface area contributed by atoms with Crippen LogP contribution < -0.4 is 5.32 Å². The minimum Gasteiger partial charge on any atom is -0.353 e. The summed E-state index contributed by atoms with van der Waals surface area (Å²) in [6.07, 6.45) is 1.35. The van der Waals surface area contributed by atoms with Crippen molar-refractivity contribution in [2.45, 2.75) is 37.6 Å². The van der Waals surface area contributed by atoms with Gasteiger partial charge in [-0.2, -0.15) is 0 Å². The SMILES string of the molecule is Cc1ccc(SCCCC(=O)N2CCNC(=O)[C@@H]2C)cc1. The van der Waals surface area contributed by atoms with Crippen molar-refractivity contribution in [3.63, 3.8) is 0 Å². The summed E-state index contributed by atoms with van der Waals surface area (Å²) in [5.74, 6) is 0.953. The highest BCUT2D eigenvalue weighted by Gasteiger charge is 2.28. The summed E-state index contributed by atoms with van der Waals surface area (Å²) >= 11 is 1.77. The second kappa shape index (κ2) is 7.50. The average Bonchev–Trinajstić information content (AvgIpc) is 2.48. The van der Waals surface area contributed by atoms with Crippen molar-refractivity contribution in [1.82, 2.24) is 10.2 Å². The quantitative estimate of drug-likeness (QED) is 0.670. The van der Waals surface area contributed by atoms with Crippen LogP contribution in [0.15, 0.2) is 29.2 Å². The number of nitrogens with zero attached hydrogens (tertiary/aromatic N) is 1. The van der Waals surface area contributed by atoms with Crippen LogP contribution in [0.2, 0.25) is 0 Å². The summed E-state index contributed by atoms with van der Waals surface area (Å²) in [4.78, 5) is 26.6. The van der Waals surface area contributed by atoms with E-state index in [9.17, 15) is 9.59 Å². The number of amides is 2. The van der Waals surface area contributed by atoms with E-state index in [2.05, 4.69) is 36.5 Å². The Morgan fingerprint density at radius 3 is 2.81 bits per heavy atom. The molecule has 21 heavy (non-hydrogen) atoms. The van der Waals surface area contributed by atoms with E-state index in [4.69, 9.17) is 0 Å². The number of carbonyl (C=O) groups is 2. The van der Waals surface area contributed by atoms with Crippen LogP contribution in [0.5, 0.6) is 0 Å². The van der Waals surface area contributed by atoms with Crippen molar-refractivity contribution in [2.75, 3.05) is 18.8 Å². The molecule has 1 N–H and O–H groups in total. The predicted molar refractivity (Wildman–Crippen MR) is 85.3 cm³/mol. The highest BCUT2D eigenvalue weighted by atomic mass is 32.2. The summed E-state index contributed by atoms with van der Waals surface area (Å²) in [6, 6.07) is 8.08. The average molecular weight is 306 g/mol. The van der Waals surface area contributed by atoms with Gasteiger partial charge in [0, 0.05) is 24.4 Å². The highest BCUT2D eigenvalue weighted by molar-refractivity contribution is 7.99. The Hall–Kier alpha value is -1.49. The lowest BCUT2D eigenvalue weighted by Crippen LogP contribution is -2.55. The van der Waals surface area contributed by atoms with Gasteiger partial charge in [0.2, 0.25) is 11.8 Å². The standard InChI is InChI=1S/C16H22N2O2S/c1-12-5-7-14(8-6-12)21-11-3-4-15(19)18-10-9-17-16(20)13(18)2/h5-8,13H,3-4,9-11H2,1-2H3,(H,17,20)/t13-/m0/s1. The van der Waals surface area contributed by atoms with Crippen LogP contribution >= 0.6 is 11.8 Å². The fourth-order valence-corrected chi connectivity index (χ4v) is 3.17. The van der Waals surface area contributed by atoms with E-state index >= 15 is 0 Å². The Bertz CT molecular complexity index is 502. The lowest BCUT2D eigenvalue weighted by Gasteiger charge is -2.32. The second-order valence-corrected chi connectivity index (χ2v) is 6.49. The van der Waals surface area contributed by atoms with Gasteiger partial charge in [0.25, 0.3) is 0 Å². The lowest BCUT2D eigenvalue weighted by atomic mass is 10.2. The van der Waals surface area contributed by atoms with Crippen LogP contribution in [0.4, 0.5) is 0 Å². The van der Waals surface area contributed by atoms with Crippen molar-refractivity contribution < 1.29 is 9.59 Å². The highest BCUT2D eigenvalue weighted by Crippen LogP contribution is 2.20. The number of carbonyl (C=O) groups excluding carboxylic acids is 2. The molecule has 1 saturated heterocycles. The van der Waals surface area contributed by atoms with Gasteiger partial charge in [-0.1, -0.05) is 17.7 Å². The van der Waals surface area contributed by atoms with Crippen LogP contribution in [-0.2, 0) is 9.59 Å². The first-order chi connectivity index (χ1) is 10.1. The molecule has 0 aromatic heterocycles.